The minimum absolute atomic E-state index is 0.337. The summed E-state index contributed by atoms with van der Waals surface area (Å²) in [5.74, 6) is -0.748. The molecule has 1 saturated heterocycles. The van der Waals surface area contributed by atoms with E-state index in [-0.39, 0.29) is 0 Å². The van der Waals surface area contributed by atoms with E-state index in [0.717, 1.165) is 16.5 Å². The highest BCUT2D eigenvalue weighted by Crippen LogP contribution is 2.31. The zero-order valence-corrected chi connectivity index (χ0v) is 10.00. The van der Waals surface area contributed by atoms with E-state index in [9.17, 15) is 0 Å². The van der Waals surface area contributed by atoms with Crippen molar-refractivity contribution in [3.8, 4) is 0 Å². The number of hydrogen-bond acceptors (Lipinski definition) is 3. The maximum Gasteiger partial charge on any atom is 0.207 e. The van der Waals surface area contributed by atoms with Gasteiger partial charge in [-0.3, -0.25) is 0 Å². The Morgan fingerprint density at radius 3 is 2.67 bits per heavy atom. The molecule has 2 rings (SSSR count). The molecule has 15 heavy (non-hydrogen) atoms. The van der Waals surface area contributed by atoms with Gasteiger partial charge in [-0.15, -0.1) is 0 Å². The van der Waals surface area contributed by atoms with E-state index < -0.39 is 5.79 Å². The van der Waals surface area contributed by atoms with Crippen molar-refractivity contribution in [3.05, 3.63) is 34.3 Å². The highest BCUT2D eigenvalue weighted by Gasteiger charge is 2.35. The lowest BCUT2D eigenvalue weighted by Gasteiger charge is -2.36. The number of halogens is 1. The Kier molecular flexibility index (Phi) is 3.41. The van der Waals surface area contributed by atoms with Gasteiger partial charge in [0.15, 0.2) is 0 Å². The summed E-state index contributed by atoms with van der Waals surface area (Å²) in [5.41, 5.74) is 6.73. The first-order chi connectivity index (χ1) is 7.27. The van der Waals surface area contributed by atoms with E-state index in [2.05, 4.69) is 15.9 Å². The normalized spacial score (nSPS) is 20.1. The molecule has 1 fully saturated rings. The van der Waals surface area contributed by atoms with Crippen molar-refractivity contribution in [1.29, 1.82) is 0 Å². The molecule has 0 amide bonds. The van der Waals surface area contributed by atoms with Crippen molar-refractivity contribution in [1.82, 2.24) is 0 Å². The van der Waals surface area contributed by atoms with Gasteiger partial charge in [0.05, 0.1) is 19.8 Å². The summed E-state index contributed by atoms with van der Waals surface area (Å²) in [6.07, 6.45) is 0.926. The zero-order valence-electron chi connectivity index (χ0n) is 8.41. The second-order valence-corrected chi connectivity index (χ2v) is 4.43. The highest BCUT2D eigenvalue weighted by molar-refractivity contribution is 9.10. The molecule has 0 unspecified atom stereocenters. The Labute approximate surface area is 97.7 Å². The van der Waals surface area contributed by atoms with Gasteiger partial charge in [0.2, 0.25) is 5.79 Å². The van der Waals surface area contributed by atoms with Crippen molar-refractivity contribution in [2.24, 2.45) is 5.73 Å². The molecule has 0 spiro atoms. The lowest BCUT2D eigenvalue weighted by molar-refractivity contribution is -0.269. The zero-order chi connectivity index (χ0) is 10.7. The van der Waals surface area contributed by atoms with Gasteiger partial charge in [-0.05, 0) is 18.6 Å². The van der Waals surface area contributed by atoms with Gasteiger partial charge in [0.1, 0.15) is 0 Å². The smallest absolute Gasteiger partial charge is 0.207 e. The topological polar surface area (TPSA) is 44.5 Å². The lowest BCUT2D eigenvalue weighted by Crippen LogP contribution is -2.44. The van der Waals surface area contributed by atoms with E-state index in [1.807, 2.05) is 24.3 Å². The summed E-state index contributed by atoms with van der Waals surface area (Å²) < 4.78 is 12.4. The molecule has 3 nitrogen and oxygen atoms in total. The number of ether oxygens (including phenoxy) is 2. The van der Waals surface area contributed by atoms with Crippen molar-refractivity contribution in [2.45, 2.75) is 12.2 Å². The molecular weight excluding hydrogens is 258 g/mol. The van der Waals surface area contributed by atoms with Crippen LogP contribution in [0.2, 0.25) is 0 Å². The second kappa shape index (κ2) is 4.61. The molecule has 0 atom stereocenters. The summed E-state index contributed by atoms with van der Waals surface area (Å²) in [5, 5.41) is 0. The van der Waals surface area contributed by atoms with Crippen LogP contribution in [-0.2, 0) is 15.3 Å². The van der Waals surface area contributed by atoms with E-state index in [4.69, 9.17) is 15.2 Å². The van der Waals surface area contributed by atoms with Crippen LogP contribution in [0, 0.1) is 0 Å². The summed E-state index contributed by atoms with van der Waals surface area (Å²) in [4.78, 5) is 0. The van der Waals surface area contributed by atoms with E-state index in [1.54, 1.807) is 0 Å². The molecule has 1 aromatic carbocycles. The third-order valence-corrected chi connectivity index (χ3v) is 2.99. The summed E-state index contributed by atoms with van der Waals surface area (Å²) in [6.45, 7) is 1.73. The van der Waals surface area contributed by atoms with Crippen LogP contribution >= 0.6 is 15.9 Å². The molecule has 1 heterocycles. The molecule has 1 aromatic rings. The molecule has 1 aliphatic rings. The van der Waals surface area contributed by atoms with E-state index >= 15 is 0 Å². The maximum absolute atomic E-state index is 5.76. The van der Waals surface area contributed by atoms with Gasteiger partial charge in [0.25, 0.3) is 0 Å². The molecule has 0 saturated carbocycles. The highest BCUT2D eigenvalue weighted by atomic mass is 79.9. The Morgan fingerprint density at radius 1 is 1.33 bits per heavy atom. The van der Waals surface area contributed by atoms with Crippen LogP contribution in [0.3, 0.4) is 0 Å². The van der Waals surface area contributed by atoms with Crippen LogP contribution in [0.15, 0.2) is 28.7 Å². The van der Waals surface area contributed by atoms with Gasteiger partial charge >= 0.3 is 0 Å². The standard InChI is InChI=1S/C11H14BrNO2/c12-10-4-1-3-9(7-10)11(8-13)14-5-2-6-15-11/h1,3-4,7H,2,5-6,8,13H2. The first kappa shape index (κ1) is 11.1. The minimum atomic E-state index is -0.748. The molecule has 4 heteroatoms. The van der Waals surface area contributed by atoms with Gasteiger partial charge in [-0.25, -0.2) is 0 Å². The fourth-order valence-corrected chi connectivity index (χ4v) is 2.10. The predicted molar refractivity (Wildman–Crippen MR) is 61.4 cm³/mol. The third kappa shape index (κ3) is 2.23. The van der Waals surface area contributed by atoms with Crippen molar-refractivity contribution >= 4 is 15.9 Å². The molecule has 0 bridgehead atoms. The minimum Gasteiger partial charge on any atom is -0.345 e. The molecule has 0 aliphatic carbocycles. The monoisotopic (exact) mass is 271 g/mol. The molecule has 1 aliphatic heterocycles. The lowest BCUT2D eigenvalue weighted by atomic mass is 10.1. The fraction of sp³-hybridized carbons (Fsp3) is 0.455. The van der Waals surface area contributed by atoms with Crippen molar-refractivity contribution < 1.29 is 9.47 Å². The van der Waals surface area contributed by atoms with Crippen LogP contribution in [-0.4, -0.2) is 19.8 Å². The molecule has 0 aromatic heterocycles. The first-order valence-electron chi connectivity index (χ1n) is 5.01. The average Bonchev–Trinajstić information content (AvgIpc) is 2.30. The van der Waals surface area contributed by atoms with Crippen LogP contribution < -0.4 is 5.73 Å². The van der Waals surface area contributed by atoms with Crippen molar-refractivity contribution in [3.63, 3.8) is 0 Å². The third-order valence-electron chi connectivity index (χ3n) is 2.49. The quantitative estimate of drug-likeness (QED) is 0.895. The van der Waals surface area contributed by atoms with E-state index in [1.165, 1.54) is 0 Å². The number of nitrogens with two attached hydrogens (primary N) is 1. The van der Waals surface area contributed by atoms with Crippen LogP contribution in [0.5, 0.6) is 0 Å². The molecule has 0 radical (unpaired) electrons. The molecule has 2 N–H and O–H groups in total. The van der Waals surface area contributed by atoms with E-state index in [0.29, 0.717) is 19.8 Å². The Morgan fingerprint density at radius 2 is 2.07 bits per heavy atom. The van der Waals surface area contributed by atoms with Crippen LogP contribution in [0.25, 0.3) is 0 Å². The van der Waals surface area contributed by atoms with Gasteiger partial charge < -0.3 is 15.2 Å². The molecular formula is C11H14BrNO2. The summed E-state index contributed by atoms with van der Waals surface area (Å²) in [7, 11) is 0. The van der Waals surface area contributed by atoms with Crippen LogP contribution in [0.4, 0.5) is 0 Å². The predicted octanol–water partition coefficient (Wildman–Crippen LogP) is 2.00. The Bertz CT molecular complexity index is 337. The Balaban J connectivity index is 2.32. The van der Waals surface area contributed by atoms with Crippen LogP contribution in [0.1, 0.15) is 12.0 Å². The largest absolute Gasteiger partial charge is 0.345 e. The van der Waals surface area contributed by atoms with Gasteiger partial charge in [-0.1, -0.05) is 28.1 Å². The van der Waals surface area contributed by atoms with Gasteiger partial charge in [0, 0.05) is 10.0 Å². The second-order valence-electron chi connectivity index (χ2n) is 3.52. The van der Waals surface area contributed by atoms with Crippen molar-refractivity contribution in [2.75, 3.05) is 19.8 Å². The fourth-order valence-electron chi connectivity index (χ4n) is 1.70. The molecule has 82 valence electrons. The SMILES string of the molecule is NCC1(c2cccc(Br)c2)OCCCO1. The average molecular weight is 272 g/mol. The number of hydrogen-bond donors (Lipinski definition) is 1. The maximum atomic E-state index is 5.76. The number of benzene rings is 1. The van der Waals surface area contributed by atoms with Gasteiger partial charge in [-0.2, -0.15) is 0 Å². The first-order valence-corrected chi connectivity index (χ1v) is 5.80. The number of rotatable bonds is 2. The Hall–Kier alpha value is -0.420. The summed E-state index contributed by atoms with van der Waals surface area (Å²) >= 11 is 3.43. The summed E-state index contributed by atoms with van der Waals surface area (Å²) in [6, 6.07) is 7.88.